The maximum Gasteiger partial charge on any atom is 0.156 e. The molecule has 0 saturated carbocycles. The summed E-state index contributed by atoms with van der Waals surface area (Å²) < 4.78 is 24.2. The lowest BCUT2D eigenvalue weighted by molar-refractivity contribution is 0.194. The molecule has 2 aromatic rings. The average molecular weight is 306 g/mol. The third-order valence-corrected chi connectivity index (χ3v) is 4.84. The molecule has 0 radical (unpaired) electrons. The number of hydrogen-bond donors (Lipinski definition) is 2. The van der Waals surface area contributed by atoms with Crippen molar-refractivity contribution in [3.05, 3.63) is 71.8 Å². The maximum absolute atomic E-state index is 12.1. The molecule has 0 spiro atoms. The second kappa shape index (κ2) is 6.85. The number of rotatable bonds is 6. The van der Waals surface area contributed by atoms with Crippen LogP contribution in [-0.2, 0) is 9.84 Å². The zero-order chi connectivity index (χ0) is 15.3. The second-order valence-corrected chi connectivity index (χ2v) is 7.08. The van der Waals surface area contributed by atoms with E-state index in [4.69, 9.17) is 0 Å². The van der Waals surface area contributed by atoms with E-state index < -0.39 is 33.6 Å². The van der Waals surface area contributed by atoms with Crippen molar-refractivity contribution in [1.29, 1.82) is 0 Å². The molecule has 0 aromatic heterocycles. The third kappa shape index (κ3) is 4.67. The molecule has 4 nitrogen and oxygen atoms in total. The number of aliphatic hydroxyl groups is 2. The van der Waals surface area contributed by atoms with Gasteiger partial charge in [0, 0.05) is 0 Å². The molecule has 0 aliphatic carbocycles. The van der Waals surface area contributed by atoms with Gasteiger partial charge in [-0.1, -0.05) is 60.7 Å². The average Bonchev–Trinajstić information content (AvgIpc) is 2.48. The standard InChI is InChI=1S/C16H18O4S/c17-15(13-7-3-1-4-8-13)11-21(19,20)12-16(18)14-9-5-2-6-10-14/h1-10,15-18H,11-12H2/t15-,16+. The number of aliphatic hydroxyl groups excluding tert-OH is 2. The van der Waals surface area contributed by atoms with Crippen molar-refractivity contribution in [2.75, 3.05) is 11.5 Å². The van der Waals surface area contributed by atoms with Crippen LogP contribution >= 0.6 is 0 Å². The second-order valence-electron chi connectivity index (χ2n) is 4.93. The van der Waals surface area contributed by atoms with Gasteiger partial charge < -0.3 is 10.2 Å². The van der Waals surface area contributed by atoms with E-state index in [0.717, 1.165) is 0 Å². The van der Waals surface area contributed by atoms with Crippen molar-refractivity contribution >= 4 is 9.84 Å². The van der Waals surface area contributed by atoms with E-state index in [1.807, 2.05) is 0 Å². The lowest BCUT2D eigenvalue weighted by Crippen LogP contribution is -2.21. The fourth-order valence-electron chi connectivity index (χ4n) is 2.09. The van der Waals surface area contributed by atoms with Gasteiger partial charge in [0.05, 0.1) is 23.7 Å². The van der Waals surface area contributed by atoms with Crippen LogP contribution < -0.4 is 0 Å². The Hall–Kier alpha value is -1.69. The zero-order valence-electron chi connectivity index (χ0n) is 11.5. The van der Waals surface area contributed by atoms with E-state index in [2.05, 4.69) is 0 Å². The van der Waals surface area contributed by atoms with Gasteiger partial charge in [0.25, 0.3) is 0 Å². The quantitative estimate of drug-likeness (QED) is 0.854. The molecule has 5 heteroatoms. The molecule has 0 heterocycles. The first-order valence-electron chi connectivity index (χ1n) is 6.64. The molecular formula is C16H18O4S. The highest BCUT2D eigenvalue weighted by Gasteiger charge is 2.23. The Balaban J connectivity index is 2.02. The van der Waals surface area contributed by atoms with Crippen LogP contribution in [0.1, 0.15) is 23.3 Å². The minimum atomic E-state index is -3.58. The molecule has 0 aliphatic heterocycles. The fraction of sp³-hybridized carbons (Fsp3) is 0.250. The van der Waals surface area contributed by atoms with Crippen molar-refractivity contribution in [2.45, 2.75) is 12.2 Å². The highest BCUT2D eigenvalue weighted by molar-refractivity contribution is 7.91. The highest BCUT2D eigenvalue weighted by Crippen LogP contribution is 2.19. The Morgan fingerprint density at radius 2 is 1.05 bits per heavy atom. The molecule has 21 heavy (non-hydrogen) atoms. The first-order chi connectivity index (χ1) is 9.98. The van der Waals surface area contributed by atoms with Gasteiger partial charge in [-0.3, -0.25) is 0 Å². The van der Waals surface area contributed by atoms with Crippen molar-refractivity contribution in [3.63, 3.8) is 0 Å². The van der Waals surface area contributed by atoms with E-state index in [1.165, 1.54) is 0 Å². The van der Waals surface area contributed by atoms with Gasteiger partial charge in [-0.15, -0.1) is 0 Å². The Morgan fingerprint density at radius 1 is 0.714 bits per heavy atom. The van der Waals surface area contributed by atoms with Gasteiger partial charge in [-0.2, -0.15) is 0 Å². The summed E-state index contributed by atoms with van der Waals surface area (Å²) >= 11 is 0. The van der Waals surface area contributed by atoms with Crippen molar-refractivity contribution in [2.24, 2.45) is 0 Å². The summed E-state index contributed by atoms with van der Waals surface area (Å²) in [5.74, 6) is -0.804. The van der Waals surface area contributed by atoms with Crippen LogP contribution in [0.2, 0.25) is 0 Å². The minimum Gasteiger partial charge on any atom is -0.387 e. The summed E-state index contributed by atoms with van der Waals surface area (Å²) in [5, 5.41) is 20.0. The van der Waals surface area contributed by atoms with Crippen LogP contribution in [0.25, 0.3) is 0 Å². The molecule has 0 fully saturated rings. The molecule has 0 bridgehead atoms. The minimum absolute atomic E-state index is 0.402. The Bertz CT molecular complexity index is 600. The topological polar surface area (TPSA) is 74.6 Å². The lowest BCUT2D eigenvalue weighted by Gasteiger charge is -2.14. The third-order valence-electron chi connectivity index (χ3n) is 3.19. The SMILES string of the molecule is O=S(=O)(C[C@@H](O)c1ccccc1)C[C@H](O)c1ccccc1. The van der Waals surface area contributed by atoms with E-state index >= 15 is 0 Å². The van der Waals surface area contributed by atoms with Gasteiger partial charge in [-0.25, -0.2) is 8.42 Å². The fourth-order valence-corrected chi connectivity index (χ4v) is 3.58. The molecule has 0 unspecified atom stereocenters. The Kier molecular flexibility index (Phi) is 5.12. The van der Waals surface area contributed by atoms with Crippen LogP contribution in [-0.4, -0.2) is 30.1 Å². The number of sulfone groups is 1. The molecule has 112 valence electrons. The van der Waals surface area contributed by atoms with Gasteiger partial charge in [0.2, 0.25) is 0 Å². The maximum atomic E-state index is 12.1. The summed E-state index contributed by atoms with van der Waals surface area (Å²) in [4.78, 5) is 0. The Morgan fingerprint density at radius 3 is 1.38 bits per heavy atom. The summed E-state index contributed by atoms with van der Waals surface area (Å²) in [6.45, 7) is 0. The highest BCUT2D eigenvalue weighted by atomic mass is 32.2. The first-order valence-corrected chi connectivity index (χ1v) is 8.46. The van der Waals surface area contributed by atoms with Gasteiger partial charge in [0.1, 0.15) is 0 Å². The predicted molar refractivity (Wildman–Crippen MR) is 81.5 cm³/mol. The molecule has 2 atom stereocenters. The van der Waals surface area contributed by atoms with E-state index in [0.29, 0.717) is 11.1 Å². The van der Waals surface area contributed by atoms with Crippen LogP contribution in [0.4, 0.5) is 0 Å². The number of benzene rings is 2. The molecular weight excluding hydrogens is 288 g/mol. The van der Waals surface area contributed by atoms with Crippen LogP contribution in [0, 0.1) is 0 Å². The monoisotopic (exact) mass is 306 g/mol. The summed E-state index contributed by atoms with van der Waals surface area (Å²) in [6, 6.07) is 17.2. The van der Waals surface area contributed by atoms with Crippen LogP contribution in [0.5, 0.6) is 0 Å². The predicted octanol–water partition coefficient (Wildman–Crippen LogP) is 1.87. The molecule has 0 aliphatic rings. The number of hydrogen-bond acceptors (Lipinski definition) is 4. The zero-order valence-corrected chi connectivity index (χ0v) is 12.3. The summed E-state index contributed by atoms with van der Waals surface area (Å²) in [5.41, 5.74) is 1.10. The smallest absolute Gasteiger partial charge is 0.156 e. The lowest BCUT2D eigenvalue weighted by atomic mass is 10.1. The van der Waals surface area contributed by atoms with Crippen LogP contribution in [0.15, 0.2) is 60.7 Å². The van der Waals surface area contributed by atoms with Crippen molar-refractivity contribution in [1.82, 2.24) is 0 Å². The van der Waals surface area contributed by atoms with E-state index in [-0.39, 0.29) is 0 Å². The van der Waals surface area contributed by atoms with Gasteiger partial charge >= 0.3 is 0 Å². The first kappa shape index (κ1) is 15.7. The largest absolute Gasteiger partial charge is 0.387 e. The van der Waals surface area contributed by atoms with Crippen molar-refractivity contribution < 1.29 is 18.6 Å². The Labute approximate surface area is 124 Å². The summed E-state index contributed by atoms with van der Waals surface area (Å²) in [7, 11) is -3.58. The molecule has 0 saturated heterocycles. The summed E-state index contributed by atoms with van der Waals surface area (Å²) in [6.07, 6.45) is -2.17. The molecule has 2 aromatic carbocycles. The van der Waals surface area contributed by atoms with Gasteiger partial charge in [0.15, 0.2) is 9.84 Å². The van der Waals surface area contributed by atoms with Crippen molar-refractivity contribution in [3.8, 4) is 0 Å². The molecule has 2 N–H and O–H groups in total. The normalized spacial score (nSPS) is 14.6. The van der Waals surface area contributed by atoms with E-state index in [9.17, 15) is 18.6 Å². The molecule has 2 rings (SSSR count). The van der Waals surface area contributed by atoms with E-state index in [1.54, 1.807) is 60.7 Å². The van der Waals surface area contributed by atoms with Gasteiger partial charge in [-0.05, 0) is 11.1 Å². The van der Waals surface area contributed by atoms with Crippen LogP contribution in [0.3, 0.4) is 0 Å². The molecule has 0 amide bonds.